The first-order valence-corrected chi connectivity index (χ1v) is 13.3. The Hall–Kier alpha value is -5.21. The number of aromatic nitrogens is 5. The predicted octanol–water partition coefficient (Wildman–Crippen LogP) is 2.28. The summed E-state index contributed by atoms with van der Waals surface area (Å²) in [6, 6.07) is 4.41. The molecule has 4 N–H and O–H groups in total. The van der Waals surface area contributed by atoms with Crippen molar-refractivity contribution in [2.24, 2.45) is 0 Å². The molecular weight excluding hydrogens is 609 g/mol. The summed E-state index contributed by atoms with van der Waals surface area (Å²) in [5.41, 5.74) is -1.42. The van der Waals surface area contributed by atoms with Gasteiger partial charge in [-0.15, -0.1) is 0 Å². The molecular formula is C26H22ClF3N10O4. The van der Waals surface area contributed by atoms with Crippen molar-refractivity contribution in [3.8, 4) is 23.1 Å². The molecule has 44 heavy (non-hydrogen) atoms. The van der Waals surface area contributed by atoms with Crippen LogP contribution in [0.1, 0.15) is 22.5 Å². The summed E-state index contributed by atoms with van der Waals surface area (Å²) in [5, 5.41) is 23.4. The van der Waals surface area contributed by atoms with Crippen LogP contribution in [0.3, 0.4) is 0 Å². The molecule has 4 heterocycles. The van der Waals surface area contributed by atoms with E-state index in [1.807, 2.05) is 0 Å². The van der Waals surface area contributed by atoms with Gasteiger partial charge in [0.1, 0.15) is 6.54 Å². The van der Waals surface area contributed by atoms with Crippen LogP contribution in [-0.2, 0) is 22.3 Å². The van der Waals surface area contributed by atoms with Gasteiger partial charge in [-0.1, -0.05) is 11.6 Å². The Bertz CT molecular complexity index is 1780. The van der Waals surface area contributed by atoms with E-state index in [-0.39, 0.29) is 69.7 Å². The molecule has 2 amide bonds. The van der Waals surface area contributed by atoms with Crippen LogP contribution >= 0.6 is 11.6 Å². The normalized spacial score (nSPS) is 14.7. The van der Waals surface area contributed by atoms with Crippen molar-refractivity contribution >= 4 is 47.0 Å². The van der Waals surface area contributed by atoms with Gasteiger partial charge in [0, 0.05) is 31.2 Å². The lowest BCUT2D eigenvalue weighted by Crippen LogP contribution is -2.42. The van der Waals surface area contributed by atoms with Crippen molar-refractivity contribution in [3.63, 3.8) is 0 Å². The molecule has 1 atom stereocenters. The average molecular weight is 631 g/mol. The SMILES string of the molecule is N#CCn1cc(-c2cnc3c(Nc4ccc(C(=O)NCC(=O)N[C@H]5CCNC5)c(Cl)c4OC=O)nccn23)c(C(F)(F)F)n1. The Labute approximate surface area is 251 Å². The number of nitriles is 1. The van der Waals surface area contributed by atoms with Crippen molar-refractivity contribution in [1.29, 1.82) is 5.26 Å². The Kier molecular flexibility index (Phi) is 8.64. The molecule has 1 fully saturated rings. The molecule has 1 aliphatic rings. The van der Waals surface area contributed by atoms with Crippen LogP contribution in [0, 0.1) is 11.3 Å². The van der Waals surface area contributed by atoms with Crippen molar-refractivity contribution < 1.29 is 32.3 Å². The lowest BCUT2D eigenvalue weighted by atomic mass is 10.1. The van der Waals surface area contributed by atoms with E-state index in [0.717, 1.165) is 23.8 Å². The second-order valence-electron chi connectivity index (χ2n) is 9.44. The molecule has 14 nitrogen and oxygen atoms in total. The summed E-state index contributed by atoms with van der Waals surface area (Å²) in [5.74, 6) is -1.29. The summed E-state index contributed by atoms with van der Waals surface area (Å²) >= 11 is 6.42. The lowest BCUT2D eigenvalue weighted by Gasteiger charge is -2.15. The van der Waals surface area contributed by atoms with E-state index in [1.54, 1.807) is 6.07 Å². The molecule has 0 saturated carbocycles. The topological polar surface area (TPSA) is 180 Å². The number of carbonyl (C=O) groups is 3. The summed E-state index contributed by atoms with van der Waals surface area (Å²) < 4.78 is 48.5. The van der Waals surface area contributed by atoms with Crippen LogP contribution in [0.4, 0.5) is 24.7 Å². The van der Waals surface area contributed by atoms with E-state index < -0.39 is 24.3 Å². The number of imidazole rings is 1. The minimum atomic E-state index is -4.81. The van der Waals surface area contributed by atoms with Crippen LogP contribution in [0.2, 0.25) is 5.02 Å². The first kappa shape index (κ1) is 30.3. The van der Waals surface area contributed by atoms with Gasteiger partial charge in [0.05, 0.1) is 46.3 Å². The van der Waals surface area contributed by atoms with E-state index in [0.29, 0.717) is 6.54 Å². The zero-order valence-corrected chi connectivity index (χ0v) is 23.2. The van der Waals surface area contributed by atoms with Crippen molar-refractivity contribution in [1.82, 2.24) is 40.1 Å². The third kappa shape index (κ3) is 6.26. The van der Waals surface area contributed by atoms with Crippen LogP contribution in [-0.4, -0.2) is 68.1 Å². The van der Waals surface area contributed by atoms with Gasteiger partial charge < -0.3 is 26.0 Å². The monoisotopic (exact) mass is 630 g/mol. The summed E-state index contributed by atoms with van der Waals surface area (Å²) in [7, 11) is 0. The van der Waals surface area contributed by atoms with Gasteiger partial charge in [0.2, 0.25) is 5.91 Å². The Morgan fingerprint density at radius 3 is 2.82 bits per heavy atom. The van der Waals surface area contributed by atoms with Crippen molar-refractivity contribution in [2.45, 2.75) is 25.2 Å². The fraction of sp³-hybridized carbons (Fsp3) is 0.269. The molecule has 0 spiro atoms. The second kappa shape index (κ2) is 12.6. The molecule has 0 aliphatic carbocycles. The number of alkyl halides is 3. The number of nitrogens with zero attached hydrogens (tertiary/aromatic N) is 6. The largest absolute Gasteiger partial charge is 0.435 e. The van der Waals surface area contributed by atoms with Crippen LogP contribution < -0.4 is 26.0 Å². The smallest absolute Gasteiger partial charge is 0.425 e. The fourth-order valence-corrected chi connectivity index (χ4v) is 4.91. The van der Waals surface area contributed by atoms with Gasteiger partial charge in [0.25, 0.3) is 12.4 Å². The molecule has 1 saturated heterocycles. The van der Waals surface area contributed by atoms with Gasteiger partial charge >= 0.3 is 6.18 Å². The van der Waals surface area contributed by atoms with Crippen molar-refractivity contribution in [3.05, 3.63) is 53.2 Å². The number of amides is 2. The molecule has 5 rings (SSSR count). The molecule has 18 heteroatoms. The summed E-state index contributed by atoms with van der Waals surface area (Å²) in [6.07, 6.45) is 0.928. The summed E-state index contributed by atoms with van der Waals surface area (Å²) in [4.78, 5) is 44.7. The number of carbonyl (C=O) groups excluding carboxylic acids is 3. The van der Waals surface area contributed by atoms with E-state index in [9.17, 15) is 27.6 Å². The number of rotatable bonds is 10. The number of nitrogens with one attached hydrogen (secondary N) is 4. The number of halogens is 4. The van der Waals surface area contributed by atoms with E-state index in [1.165, 1.54) is 35.1 Å². The lowest BCUT2D eigenvalue weighted by molar-refractivity contribution is -0.141. The zero-order valence-electron chi connectivity index (χ0n) is 22.5. The van der Waals surface area contributed by atoms with Gasteiger partial charge in [0.15, 0.2) is 22.9 Å². The maximum absolute atomic E-state index is 13.8. The first-order chi connectivity index (χ1) is 21.1. The highest BCUT2D eigenvalue weighted by molar-refractivity contribution is 6.36. The molecule has 4 aromatic rings. The third-order valence-electron chi connectivity index (χ3n) is 6.56. The number of anilines is 2. The predicted molar refractivity (Wildman–Crippen MR) is 148 cm³/mol. The van der Waals surface area contributed by atoms with Crippen molar-refractivity contribution in [2.75, 3.05) is 25.0 Å². The van der Waals surface area contributed by atoms with Gasteiger partial charge in [-0.2, -0.15) is 23.5 Å². The minimum Gasteiger partial charge on any atom is -0.425 e. The minimum absolute atomic E-state index is 0.0182. The van der Waals surface area contributed by atoms with Gasteiger partial charge in [-0.05, 0) is 25.1 Å². The highest BCUT2D eigenvalue weighted by Gasteiger charge is 2.38. The highest BCUT2D eigenvalue weighted by Crippen LogP contribution is 2.39. The van der Waals surface area contributed by atoms with Crippen LogP contribution in [0.25, 0.3) is 16.9 Å². The Morgan fingerprint density at radius 1 is 1.30 bits per heavy atom. The van der Waals surface area contributed by atoms with Gasteiger partial charge in [-0.25, -0.2) is 9.97 Å². The van der Waals surface area contributed by atoms with Crippen LogP contribution in [0.5, 0.6) is 5.75 Å². The second-order valence-corrected chi connectivity index (χ2v) is 9.82. The molecule has 0 bridgehead atoms. The maximum atomic E-state index is 13.8. The quantitative estimate of drug-likeness (QED) is 0.190. The number of hydrogen-bond acceptors (Lipinski definition) is 10. The Morgan fingerprint density at radius 2 is 2.11 bits per heavy atom. The molecule has 1 aromatic carbocycles. The van der Waals surface area contributed by atoms with Gasteiger partial charge in [-0.3, -0.25) is 23.5 Å². The fourth-order valence-electron chi connectivity index (χ4n) is 4.61. The number of ether oxygens (including phenoxy) is 1. The first-order valence-electron chi connectivity index (χ1n) is 12.9. The summed E-state index contributed by atoms with van der Waals surface area (Å²) in [6.45, 7) is 0.808. The molecule has 0 radical (unpaired) electrons. The average Bonchev–Trinajstić information content (AvgIpc) is 3.74. The highest BCUT2D eigenvalue weighted by atomic mass is 35.5. The third-order valence-corrected chi connectivity index (χ3v) is 6.94. The number of fused-ring (bicyclic) bond motifs is 1. The van der Waals surface area contributed by atoms with Crippen LogP contribution in [0.15, 0.2) is 36.9 Å². The van der Waals surface area contributed by atoms with E-state index in [2.05, 4.69) is 36.3 Å². The Balaban J connectivity index is 1.41. The molecule has 0 unspecified atom stereocenters. The number of hydrogen-bond donors (Lipinski definition) is 4. The molecule has 1 aliphatic heterocycles. The van der Waals surface area contributed by atoms with E-state index in [4.69, 9.17) is 21.6 Å². The zero-order chi connectivity index (χ0) is 31.4. The maximum Gasteiger partial charge on any atom is 0.435 e. The van der Waals surface area contributed by atoms with E-state index >= 15 is 0 Å². The standard InChI is InChI=1S/C26H22ClF3N10O4/c27-20-15(25(43)35-11-19(42)36-14-3-5-32-9-14)1-2-17(21(20)44-13-41)37-23-24-34-10-18(40(24)8-6-33-23)16-12-39(7-4-31)38-22(16)26(28,29)30/h1-2,6,8,10,12-14,32H,3,5,7,9,11H2,(H,33,37)(H,35,43)(H,36,42)/t14-/m0/s1. The molecule has 228 valence electrons. The number of benzene rings is 1. The molecule has 3 aromatic heterocycles.